The Morgan fingerprint density at radius 2 is 2.20 bits per heavy atom. The minimum Gasteiger partial charge on any atom is -0.481 e. The molecular formula is C13H17N5O2. The fraction of sp³-hybridized carbons (Fsp3) is 0.462. The Hall–Kier alpha value is -2.15. The lowest BCUT2D eigenvalue weighted by atomic mass is 10.3. The number of hydrogen-bond acceptors (Lipinski definition) is 7. The van der Waals surface area contributed by atoms with Gasteiger partial charge in [-0.1, -0.05) is 11.2 Å². The number of hydrogen-bond donors (Lipinski definition) is 2. The van der Waals surface area contributed by atoms with E-state index in [0.717, 1.165) is 5.56 Å². The van der Waals surface area contributed by atoms with Gasteiger partial charge in [-0.05, 0) is 18.4 Å². The summed E-state index contributed by atoms with van der Waals surface area (Å²) in [6, 6.07) is 4.80. The summed E-state index contributed by atoms with van der Waals surface area (Å²) < 4.78 is 10.5. The Balaban J connectivity index is 1.49. The molecule has 0 bridgehead atoms. The lowest BCUT2D eigenvalue weighted by molar-refractivity contribution is 0.397. The van der Waals surface area contributed by atoms with Crippen molar-refractivity contribution in [3.63, 3.8) is 0 Å². The van der Waals surface area contributed by atoms with Crippen LogP contribution in [0.15, 0.2) is 22.7 Å². The highest BCUT2D eigenvalue weighted by atomic mass is 16.5. The van der Waals surface area contributed by atoms with Gasteiger partial charge in [0.15, 0.2) is 0 Å². The Labute approximate surface area is 116 Å². The lowest BCUT2D eigenvalue weighted by Gasteiger charge is -2.02. The van der Waals surface area contributed by atoms with E-state index in [2.05, 4.69) is 25.8 Å². The maximum atomic E-state index is 5.49. The van der Waals surface area contributed by atoms with Crippen molar-refractivity contribution in [3.05, 3.63) is 29.8 Å². The predicted molar refractivity (Wildman–Crippen MR) is 72.3 cm³/mol. The van der Waals surface area contributed by atoms with E-state index in [0.29, 0.717) is 36.9 Å². The fourth-order valence-corrected chi connectivity index (χ4v) is 1.73. The molecule has 0 unspecified atom stereocenters. The third kappa shape index (κ3) is 3.45. The topological polar surface area (TPSA) is 85.1 Å². The van der Waals surface area contributed by atoms with Gasteiger partial charge in [0.25, 0.3) is 0 Å². The smallest absolute Gasteiger partial charge is 0.315 e. The van der Waals surface area contributed by atoms with E-state index in [-0.39, 0.29) is 0 Å². The normalized spacial score (nSPS) is 14.2. The van der Waals surface area contributed by atoms with Crippen LogP contribution < -0.4 is 15.4 Å². The largest absolute Gasteiger partial charge is 0.481 e. The van der Waals surface area contributed by atoms with E-state index in [4.69, 9.17) is 9.15 Å². The zero-order valence-corrected chi connectivity index (χ0v) is 11.3. The van der Waals surface area contributed by atoms with E-state index in [9.17, 15) is 0 Å². The van der Waals surface area contributed by atoms with Crippen LogP contribution in [0.1, 0.15) is 24.3 Å². The molecule has 7 nitrogen and oxygen atoms in total. The molecule has 20 heavy (non-hydrogen) atoms. The Kier molecular flexibility index (Phi) is 3.78. The Morgan fingerprint density at radius 3 is 2.90 bits per heavy atom. The molecule has 3 rings (SSSR count). The molecule has 2 aromatic rings. The van der Waals surface area contributed by atoms with Crippen LogP contribution in [0.4, 0.5) is 6.01 Å². The summed E-state index contributed by atoms with van der Waals surface area (Å²) in [6.07, 6.45) is 4.23. The van der Waals surface area contributed by atoms with E-state index in [1.807, 2.05) is 12.1 Å². The Morgan fingerprint density at radius 1 is 1.30 bits per heavy atom. The molecular weight excluding hydrogens is 258 g/mol. The number of methoxy groups -OCH3 is 1. The molecule has 1 saturated carbocycles. The van der Waals surface area contributed by atoms with Crippen molar-refractivity contribution < 1.29 is 9.15 Å². The first-order valence-corrected chi connectivity index (χ1v) is 6.62. The summed E-state index contributed by atoms with van der Waals surface area (Å²) in [6.45, 7) is 1.21. The molecule has 0 atom stereocenters. The maximum absolute atomic E-state index is 5.49. The van der Waals surface area contributed by atoms with Crippen molar-refractivity contribution in [3.8, 4) is 5.88 Å². The van der Waals surface area contributed by atoms with E-state index < -0.39 is 0 Å². The van der Waals surface area contributed by atoms with Crippen molar-refractivity contribution in [2.24, 2.45) is 0 Å². The molecule has 7 heteroatoms. The number of ether oxygens (including phenoxy) is 1. The van der Waals surface area contributed by atoms with Gasteiger partial charge in [0.05, 0.1) is 13.7 Å². The number of anilines is 1. The van der Waals surface area contributed by atoms with E-state index in [1.165, 1.54) is 12.8 Å². The van der Waals surface area contributed by atoms with Gasteiger partial charge in [0.2, 0.25) is 11.8 Å². The van der Waals surface area contributed by atoms with Gasteiger partial charge in [-0.2, -0.15) is 0 Å². The molecule has 0 aliphatic heterocycles. The first-order chi connectivity index (χ1) is 9.83. The number of nitrogens with one attached hydrogen (secondary N) is 2. The highest BCUT2D eigenvalue weighted by molar-refractivity contribution is 5.24. The van der Waals surface area contributed by atoms with Crippen LogP contribution in [-0.2, 0) is 13.1 Å². The minimum atomic E-state index is 0.424. The van der Waals surface area contributed by atoms with Crippen LogP contribution in [0.2, 0.25) is 0 Å². The van der Waals surface area contributed by atoms with Gasteiger partial charge in [-0.3, -0.25) is 0 Å². The summed E-state index contributed by atoms with van der Waals surface area (Å²) in [5.74, 6) is 1.20. The zero-order valence-electron chi connectivity index (χ0n) is 11.3. The Bertz CT molecular complexity index is 550. The van der Waals surface area contributed by atoms with Crippen LogP contribution in [0.5, 0.6) is 5.88 Å². The number of rotatable bonds is 7. The monoisotopic (exact) mass is 275 g/mol. The van der Waals surface area contributed by atoms with E-state index in [1.54, 1.807) is 13.3 Å². The van der Waals surface area contributed by atoms with Crippen LogP contribution in [0.25, 0.3) is 0 Å². The van der Waals surface area contributed by atoms with Gasteiger partial charge in [-0.25, -0.2) is 4.98 Å². The van der Waals surface area contributed by atoms with Gasteiger partial charge < -0.3 is 19.8 Å². The number of nitrogens with zero attached hydrogens (tertiary/aromatic N) is 3. The summed E-state index contributed by atoms with van der Waals surface area (Å²) in [4.78, 5) is 4.13. The quantitative estimate of drug-likeness (QED) is 0.788. The molecule has 0 aromatic carbocycles. The standard InChI is InChI=1S/C13H17N5O2/c1-19-11-5-2-9(6-15-11)7-16-13-18-17-12(20-13)8-14-10-3-4-10/h2,5-6,10,14H,3-4,7-8H2,1H3,(H,16,18). The molecule has 1 fully saturated rings. The van der Waals surface area contributed by atoms with Gasteiger partial charge in [-0.15, -0.1) is 5.10 Å². The second kappa shape index (κ2) is 5.87. The second-order valence-corrected chi connectivity index (χ2v) is 4.72. The van der Waals surface area contributed by atoms with Crippen LogP contribution in [0, 0.1) is 0 Å². The summed E-state index contributed by atoms with van der Waals surface area (Å²) in [5.41, 5.74) is 1.02. The van der Waals surface area contributed by atoms with Gasteiger partial charge >= 0.3 is 6.01 Å². The number of aromatic nitrogens is 3. The van der Waals surface area contributed by atoms with Crippen molar-refractivity contribution in [1.82, 2.24) is 20.5 Å². The third-order valence-electron chi connectivity index (χ3n) is 3.04. The minimum absolute atomic E-state index is 0.424. The molecule has 2 heterocycles. The highest BCUT2D eigenvalue weighted by Gasteiger charge is 2.21. The highest BCUT2D eigenvalue weighted by Crippen LogP contribution is 2.19. The average Bonchev–Trinajstić information content (AvgIpc) is 3.22. The van der Waals surface area contributed by atoms with Gasteiger partial charge in [0, 0.05) is 24.8 Å². The SMILES string of the molecule is COc1ccc(CNc2nnc(CNC3CC3)o2)cn1. The van der Waals surface area contributed by atoms with Crippen LogP contribution in [0.3, 0.4) is 0 Å². The van der Waals surface area contributed by atoms with Crippen molar-refractivity contribution in [2.75, 3.05) is 12.4 Å². The third-order valence-corrected chi connectivity index (χ3v) is 3.04. The molecule has 0 spiro atoms. The molecule has 0 saturated heterocycles. The molecule has 2 aromatic heterocycles. The predicted octanol–water partition coefficient (Wildman–Crippen LogP) is 1.34. The zero-order chi connectivity index (χ0) is 13.8. The fourth-order valence-electron chi connectivity index (χ4n) is 1.73. The lowest BCUT2D eigenvalue weighted by Crippen LogP contribution is -2.15. The molecule has 0 amide bonds. The van der Waals surface area contributed by atoms with Crippen LogP contribution >= 0.6 is 0 Å². The average molecular weight is 275 g/mol. The number of pyridine rings is 1. The summed E-state index contributed by atoms with van der Waals surface area (Å²) >= 11 is 0. The molecule has 1 aliphatic carbocycles. The molecule has 106 valence electrons. The molecule has 0 radical (unpaired) electrons. The molecule has 2 N–H and O–H groups in total. The van der Waals surface area contributed by atoms with Gasteiger partial charge in [0.1, 0.15) is 0 Å². The van der Waals surface area contributed by atoms with E-state index >= 15 is 0 Å². The first kappa shape index (κ1) is 12.9. The molecule has 1 aliphatic rings. The van der Waals surface area contributed by atoms with Crippen molar-refractivity contribution in [2.45, 2.75) is 32.0 Å². The second-order valence-electron chi connectivity index (χ2n) is 4.72. The van der Waals surface area contributed by atoms with Crippen LogP contribution in [-0.4, -0.2) is 28.3 Å². The van der Waals surface area contributed by atoms with Crippen molar-refractivity contribution >= 4 is 6.01 Å². The summed E-state index contributed by atoms with van der Waals surface area (Å²) in [7, 11) is 1.59. The maximum Gasteiger partial charge on any atom is 0.315 e. The summed E-state index contributed by atoms with van der Waals surface area (Å²) in [5, 5.41) is 14.3. The van der Waals surface area contributed by atoms with Crippen molar-refractivity contribution in [1.29, 1.82) is 0 Å². The first-order valence-electron chi connectivity index (χ1n) is 6.62.